The van der Waals surface area contributed by atoms with Gasteiger partial charge < -0.3 is 0 Å². The summed E-state index contributed by atoms with van der Waals surface area (Å²) >= 11 is 0. The first kappa shape index (κ1) is 22.2. The minimum absolute atomic E-state index is 0.445. The number of fused-ring (bicyclic) bond motifs is 3. The quantitative estimate of drug-likeness (QED) is 0.340. The molecule has 6 rings (SSSR count). The molecule has 3 aromatic carbocycles. The van der Waals surface area contributed by atoms with Crippen LogP contribution in [0.15, 0.2) is 72.8 Å². The van der Waals surface area contributed by atoms with Gasteiger partial charge in [-0.15, -0.1) is 0 Å². The Balaban J connectivity index is 1.32. The van der Waals surface area contributed by atoms with Gasteiger partial charge in [0.15, 0.2) is 0 Å². The maximum absolute atomic E-state index is 4.86. The van der Waals surface area contributed by atoms with E-state index in [4.69, 9.17) is 15.0 Å². The molecular formula is C30H26N6. The lowest BCUT2D eigenvalue weighted by molar-refractivity contribution is 0.764. The Labute approximate surface area is 210 Å². The molecule has 5 aromatic rings. The van der Waals surface area contributed by atoms with Gasteiger partial charge >= 0.3 is 0 Å². The van der Waals surface area contributed by atoms with Crippen molar-refractivity contribution in [3.63, 3.8) is 0 Å². The molecule has 0 aliphatic heterocycles. The van der Waals surface area contributed by atoms with Crippen molar-refractivity contribution >= 4 is 0 Å². The van der Waals surface area contributed by atoms with Crippen molar-refractivity contribution in [1.82, 2.24) is 29.9 Å². The average molecular weight is 471 g/mol. The minimum atomic E-state index is 0.445. The van der Waals surface area contributed by atoms with Crippen LogP contribution in [0.5, 0.6) is 0 Å². The van der Waals surface area contributed by atoms with Gasteiger partial charge in [-0.05, 0) is 53.6 Å². The molecule has 0 amide bonds. The van der Waals surface area contributed by atoms with Gasteiger partial charge in [0.2, 0.25) is 0 Å². The van der Waals surface area contributed by atoms with Crippen molar-refractivity contribution in [1.29, 1.82) is 0 Å². The monoisotopic (exact) mass is 470 g/mol. The molecule has 1 aliphatic rings. The van der Waals surface area contributed by atoms with E-state index in [1.807, 2.05) is 32.0 Å². The van der Waals surface area contributed by atoms with Crippen LogP contribution in [0.2, 0.25) is 0 Å². The summed E-state index contributed by atoms with van der Waals surface area (Å²) in [6, 6.07) is 25.7. The molecule has 1 aliphatic carbocycles. The molecule has 176 valence electrons. The van der Waals surface area contributed by atoms with Gasteiger partial charge in [-0.25, -0.2) is 29.9 Å². The van der Waals surface area contributed by atoms with E-state index >= 15 is 0 Å². The highest BCUT2D eigenvalue weighted by Gasteiger charge is 2.18. The van der Waals surface area contributed by atoms with Crippen LogP contribution in [-0.2, 0) is 25.7 Å². The number of hydrogen-bond donors (Lipinski definition) is 0. The van der Waals surface area contributed by atoms with Gasteiger partial charge in [-0.1, -0.05) is 72.8 Å². The van der Waals surface area contributed by atoms with E-state index in [2.05, 4.69) is 69.5 Å². The zero-order valence-electron chi connectivity index (χ0n) is 20.4. The lowest BCUT2D eigenvalue weighted by atomic mass is 10.0. The van der Waals surface area contributed by atoms with Crippen LogP contribution in [0.3, 0.4) is 0 Å². The largest absolute Gasteiger partial charge is 0.219 e. The van der Waals surface area contributed by atoms with E-state index in [0.717, 1.165) is 18.1 Å². The number of aryl methyl sites for hydroxylation is 2. The summed E-state index contributed by atoms with van der Waals surface area (Å²) in [5.74, 6) is 4.30. The third-order valence-electron chi connectivity index (χ3n) is 6.42. The Kier molecular flexibility index (Phi) is 5.77. The molecule has 36 heavy (non-hydrogen) atoms. The smallest absolute Gasteiger partial charge is 0.140 e. The molecule has 0 fully saturated rings. The SMILES string of the molecule is Cc1nc(C)nc(Cc2nc(Cc3ccccc3)nc(Cc3ccc4c(c3)Cc3ccccc3-4)n2)n1. The van der Waals surface area contributed by atoms with E-state index in [0.29, 0.717) is 42.6 Å². The Morgan fingerprint density at radius 2 is 1.08 bits per heavy atom. The van der Waals surface area contributed by atoms with Gasteiger partial charge in [0.1, 0.15) is 34.9 Å². The van der Waals surface area contributed by atoms with Crippen molar-refractivity contribution in [3.05, 3.63) is 130 Å². The van der Waals surface area contributed by atoms with Crippen LogP contribution in [-0.4, -0.2) is 29.9 Å². The molecule has 0 bridgehead atoms. The van der Waals surface area contributed by atoms with E-state index in [9.17, 15) is 0 Å². The Bertz CT molecular complexity index is 1540. The van der Waals surface area contributed by atoms with Crippen LogP contribution in [0.25, 0.3) is 11.1 Å². The fraction of sp³-hybridized carbons (Fsp3) is 0.200. The van der Waals surface area contributed by atoms with Crippen molar-refractivity contribution < 1.29 is 0 Å². The second kappa shape index (κ2) is 9.38. The molecule has 2 aromatic heterocycles. The number of aromatic nitrogens is 6. The van der Waals surface area contributed by atoms with Crippen molar-refractivity contribution in [2.75, 3.05) is 0 Å². The van der Waals surface area contributed by atoms with Gasteiger partial charge in [0.05, 0.1) is 6.42 Å². The van der Waals surface area contributed by atoms with Crippen LogP contribution in [0, 0.1) is 13.8 Å². The van der Waals surface area contributed by atoms with Crippen molar-refractivity contribution in [2.45, 2.75) is 39.5 Å². The van der Waals surface area contributed by atoms with Gasteiger partial charge in [-0.3, -0.25) is 0 Å². The summed E-state index contributed by atoms with van der Waals surface area (Å²) in [5.41, 5.74) is 7.80. The summed E-state index contributed by atoms with van der Waals surface area (Å²) in [7, 11) is 0. The van der Waals surface area contributed by atoms with E-state index < -0.39 is 0 Å². The highest BCUT2D eigenvalue weighted by atomic mass is 15.1. The number of benzene rings is 3. The summed E-state index contributed by atoms with van der Waals surface area (Å²) in [5, 5.41) is 0. The lowest BCUT2D eigenvalue weighted by Crippen LogP contribution is -2.12. The summed E-state index contributed by atoms with van der Waals surface area (Å²) in [6.45, 7) is 3.76. The van der Waals surface area contributed by atoms with Crippen LogP contribution in [0.4, 0.5) is 0 Å². The molecule has 0 unspecified atom stereocenters. The normalized spacial score (nSPS) is 11.8. The fourth-order valence-corrected chi connectivity index (χ4v) is 4.93. The van der Waals surface area contributed by atoms with E-state index in [-0.39, 0.29) is 0 Å². The molecule has 2 heterocycles. The minimum Gasteiger partial charge on any atom is -0.219 e. The number of rotatable bonds is 6. The van der Waals surface area contributed by atoms with Crippen molar-refractivity contribution in [3.8, 4) is 11.1 Å². The second-order valence-corrected chi connectivity index (χ2v) is 9.27. The number of nitrogens with zero attached hydrogens (tertiary/aromatic N) is 6. The summed E-state index contributed by atoms with van der Waals surface area (Å²) in [4.78, 5) is 27.8. The highest BCUT2D eigenvalue weighted by molar-refractivity contribution is 5.76. The Morgan fingerprint density at radius 1 is 0.500 bits per heavy atom. The predicted octanol–water partition coefficient (Wildman–Crippen LogP) is 5.02. The van der Waals surface area contributed by atoms with Crippen molar-refractivity contribution in [2.24, 2.45) is 0 Å². The topological polar surface area (TPSA) is 77.3 Å². The third-order valence-corrected chi connectivity index (χ3v) is 6.42. The molecule has 0 saturated heterocycles. The number of hydrogen-bond acceptors (Lipinski definition) is 6. The molecule has 0 spiro atoms. The van der Waals surface area contributed by atoms with Gasteiger partial charge in [-0.2, -0.15) is 0 Å². The molecule has 0 N–H and O–H groups in total. The highest BCUT2D eigenvalue weighted by Crippen LogP contribution is 2.36. The maximum Gasteiger partial charge on any atom is 0.140 e. The molecule has 6 nitrogen and oxygen atoms in total. The molecule has 0 atom stereocenters. The molecule has 6 heteroatoms. The lowest BCUT2D eigenvalue weighted by Gasteiger charge is -2.09. The summed E-state index contributed by atoms with van der Waals surface area (Å²) < 4.78 is 0. The third kappa shape index (κ3) is 4.75. The molecule has 0 radical (unpaired) electrons. The standard InChI is InChI=1S/C30H26N6/c1-19-31-20(2)33-29(32-19)18-30-35-27(15-21-8-4-3-5-9-21)34-28(36-30)16-22-12-13-26-24(14-22)17-23-10-6-7-11-25(23)26/h3-14H,15-18H2,1-2H3. The zero-order valence-corrected chi connectivity index (χ0v) is 20.4. The molecule has 0 saturated carbocycles. The van der Waals surface area contributed by atoms with Crippen LogP contribution in [0.1, 0.15) is 57.2 Å². The first-order valence-electron chi connectivity index (χ1n) is 12.2. The predicted molar refractivity (Wildman–Crippen MR) is 139 cm³/mol. The van der Waals surface area contributed by atoms with E-state index in [1.54, 1.807) is 0 Å². The maximum atomic E-state index is 4.86. The molecular weight excluding hydrogens is 444 g/mol. The summed E-state index contributed by atoms with van der Waals surface area (Å²) in [6.07, 6.45) is 2.72. The van der Waals surface area contributed by atoms with Crippen LogP contribution >= 0.6 is 0 Å². The first-order valence-corrected chi connectivity index (χ1v) is 12.2. The van der Waals surface area contributed by atoms with Crippen LogP contribution < -0.4 is 0 Å². The van der Waals surface area contributed by atoms with E-state index in [1.165, 1.54) is 33.4 Å². The zero-order chi connectivity index (χ0) is 24.5. The van der Waals surface area contributed by atoms with Gasteiger partial charge in [0, 0.05) is 12.8 Å². The Hall–Kier alpha value is -4.32. The van der Waals surface area contributed by atoms with Gasteiger partial charge in [0.25, 0.3) is 0 Å². The fourth-order valence-electron chi connectivity index (χ4n) is 4.93. The Morgan fingerprint density at radius 3 is 1.83 bits per heavy atom. The first-order chi connectivity index (χ1) is 17.6. The second-order valence-electron chi connectivity index (χ2n) is 9.27. The average Bonchev–Trinajstić information content (AvgIpc) is 3.22.